The second kappa shape index (κ2) is 27.2. The van der Waals surface area contributed by atoms with Gasteiger partial charge in [0.2, 0.25) is 11.8 Å². The molecule has 5 atom stereocenters. The van der Waals surface area contributed by atoms with Gasteiger partial charge in [-0.3, -0.25) is 9.59 Å². The second-order valence-corrected chi connectivity index (χ2v) is 16.5. The number of hydrogen-bond acceptors (Lipinski definition) is 11. The van der Waals surface area contributed by atoms with Crippen molar-refractivity contribution < 1.29 is 43.5 Å². The predicted octanol–water partition coefficient (Wildman–Crippen LogP) is 5.93. The molecule has 1 aliphatic carbocycles. The summed E-state index contributed by atoms with van der Waals surface area (Å²) < 4.78 is 27.7. The van der Waals surface area contributed by atoms with Crippen LogP contribution in [0.25, 0.3) is 0 Å². The van der Waals surface area contributed by atoms with E-state index in [1.807, 2.05) is 12.1 Å². The van der Waals surface area contributed by atoms with Gasteiger partial charge in [0.15, 0.2) is 0 Å². The molecular formula is C43H73N3O10. The first-order chi connectivity index (χ1) is 27.1. The molecule has 1 heterocycles. The van der Waals surface area contributed by atoms with E-state index in [0.29, 0.717) is 102 Å². The number of ether oxygens (including phenoxy) is 5. The van der Waals surface area contributed by atoms with E-state index in [9.17, 15) is 24.7 Å². The number of benzene rings is 1. The molecule has 1 aromatic rings. The Bertz CT molecular complexity index is 1270. The number of β-amino-alcohol motifs (C(OH)–C–C–N with tert-alkyl or cyclic N) is 1. The van der Waals surface area contributed by atoms with E-state index in [0.717, 1.165) is 44.9 Å². The quantitative estimate of drug-likeness (QED) is 0.0503. The van der Waals surface area contributed by atoms with Crippen molar-refractivity contribution in [2.45, 2.75) is 110 Å². The molecule has 13 nitrogen and oxygen atoms in total. The van der Waals surface area contributed by atoms with Crippen molar-refractivity contribution in [3.05, 3.63) is 34.2 Å². The van der Waals surface area contributed by atoms with Crippen LogP contribution in [0.15, 0.2) is 23.4 Å². The zero-order valence-corrected chi connectivity index (χ0v) is 34.9. The van der Waals surface area contributed by atoms with Gasteiger partial charge in [-0.15, -0.1) is 4.91 Å². The molecule has 1 saturated carbocycles. The smallest absolute Gasteiger partial charge is 0.246 e. The largest absolute Gasteiger partial charge is 0.396 e. The van der Waals surface area contributed by atoms with Crippen molar-refractivity contribution in [1.82, 2.24) is 10.2 Å². The third kappa shape index (κ3) is 18.0. The van der Waals surface area contributed by atoms with Crippen molar-refractivity contribution in [1.29, 1.82) is 0 Å². The van der Waals surface area contributed by atoms with E-state index >= 15 is 0 Å². The van der Waals surface area contributed by atoms with Gasteiger partial charge in [-0.25, -0.2) is 0 Å². The van der Waals surface area contributed by atoms with Crippen LogP contribution in [-0.2, 0) is 39.7 Å². The fourth-order valence-electron chi connectivity index (χ4n) is 8.51. The first kappa shape index (κ1) is 47.9. The van der Waals surface area contributed by atoms with Crippen LogP contribution in [0.3, 0.4) is 0 Å². The molecule has 2 fully saturated rings. The average Bonchev–Trinajstić information content (AvgIpc) is 3.58. The maximum atomic E-state index is 12.0. The van der Waals surface area contributed by atoms with Gasteiger partial charge < -0.3 is 44.1 Å². The molecular weight excluding hydrogens is 718 g/mol. The molecule has 13 heteroatoms. The summed E-state index contributed by atoms with van der Waals surface area (Å²) in [6.07, 6.45) is 9.90. The highest BCUT2D eigenvalue weighted by Gasteiger charge is 2.40. The minimum Gasteiger partial charge on any atom is -0.396 e. The SMILES string of the molecule is CC1C(c2ccc(N=O)cc2C[C@H](C)CCCCOCCOCCOCCOCCOCC(=O)NCCC(=O)N2CCC(O)C2)CCCC(C)(C)C1CCCO. The third-order valence-electron chi connectivity index (χ3n) is 11.6. The van der Waals surface area contributed by atoms with Crippen molar-refractivity contribution >= 4 is 17.5 Å². The number of unbranched alkanes of at least 4 members (excludes halogenated alkanes) is 1. The number of nitroso groups, excluding NO2 is 1. The number of amides is 2. The van der Waals surface area contributed by atoms with Crippen LogP contribution >= 0.6 is 0 Å². The Morgan fingerprint density at radius 1 is 0.946 bits per heavy atom. The van der Waals surface area contributed by atoms with Gasteiger partial charge in [0.25, 0.3) is 0 Å². The van der Waals surface area contributed by atoms with Crippen LogP contribution < -0.4 is 5.32 Å². The molecule has 2 aliphatic rings. The molecule has 3 N–H and O–H groups in total. The fourth-order valence-corrected chi connectivity index (χ4v) is 8.51. The Hall–Kier alpha value is -2.52. The highest BCUT2D eigenvalue weighted by molar-refractivity contribution is 5.79. The van der Waals surface area contributed by atoms with Crippen LogP contribution in [-0.4, -0.2) is 125 Å². The molecule has 0 bridgehead atoms. The zero-order valence-electron chi connectivity index (χ0n) is 34.9. The lowest BCUT2D eigenvalue weighted by atomic mass is 9.66. The average molecular weight is 792 g/mol. The van der Waals surface area contributed by atoms with E-state index in [-0.39, 0.29) is 50.0 Å². The number of aliphatic hydroxyl groups is 2. The number of likely N-dealkylation sites (tertiary alicyclic amines) is 1. The summed E-state index contributed by atoms with van der Waals surface area (Å²) in [6.45, 7) is 15.0. The van der Waals surface area contributed by atoms with Crippen molar-refractivity contribution in [3.8, 4) is 0 Å². The molecule has 2 amide bonds. The Balaban J connectivity index is 1.16. The maximum Gasteiger partial charge on any atom is 0.246 e. The minimum atomic E-state index is -0.447. The predicted molar refractivity (Wildman–Crippen MR) is 217 cm³/mol. The van der Waals surface area contributed by atoms with E-state index < -0.39 is 6.10 Å². The van der Waals surface area contributed by atoms with Gasteiger partial charge in [-0.1, -0.05) is 53.0 Å². The summed E-state index contributed by atoms with van der Waals surface area (Å²) in [6, 6.07) is 6.08. The molecule has 56 heavy (non-hydrogen) atoms. The maximum absolute atomic E-state index is 12.0. The highest BCUT2D eigenvalue weighted by Crippen LogP contribution is 2.50. The molecule has 0 aromatic heterocycles. The summed E-state index contributed by atoms with van der Waals surface area (Å²) in [4.78, 5) is 37.0. The van der Waals surface area contributed by atoms with Crippen LogP contribution in [0, 0.1) is 28.1 Å². The number of hydrogen-bond donors (Lipinski definition) is 3. The minimum absolute atomic E-state index is 0.0685. The summed E-state index contributed by atoms with van der Waals surface area (Å²) in [5, 5.41) is 25.0. The fraction of sp³-hybridized carbons (Fsp3) is 0.814. The molecule has 4 unspecified atom stereocenters. The van der Waals surface area contributed by atoms with Crippen LogP contribution in [0.2, 0.25) is 0 Å². The molecule has 1 saturated heterocycles. The van der Waals surface area contributed by atoms with E-state index in [4.69, 9.17) is 23.7 Å². The Morgan fingerprint density at radius 3 is 2.23 bits per heavy atom. The monoisotopic (exact) mass is 792 g/mol. The van der Waals surface area contributed by atoms with Gasteiger partial charge in [0.1, 0.15) is 12.3 Å². The number of carbonyl (C=O) groups excluding carboxylic acids is 2. The zero-order chi connectivity index (χ0) is 40.6. The molecule has 0 radical (unpaired) electrons. The Kier molecular flexibility index (Phi) is 23.3. The van der Waals surface area contributed by atoms with E-state index in [1.165, 1.54) is 24.0 Å². The van der Waals surface area contributed by atoms with Crippen LogP contribution in [0.4, 0.5) is 5.69 Å². The molecule has 1 aliphatic heterocycles. The van der Waals surface area contributed by atoms with Gasteiger partial charge >= 0.3 is 0 Å². The number of aliphatic hydroxyl groups excluding tert-OH is 2. The Labute approximate surface area is 335 Å². The van der Waals surface area contributed by atoms with Crippen molar-refractivity contribution in [3.63, 3.8) is 0 Å². The lowest BCUT2D eigenvalue weighted by molar-refractivity contribution is -0.130. The van der Waals surface area contributed by atoms with Crippen molar-refractivity contribution in [2.75, 3.05) is 92.3 Å². The first-order valence-electron chi connectivity index (χ1n) is 21.2. The number of nitrogens with one attached hydrogen (secondary N) is 1. The van der Waals surface area contributed by atoms with Crippen molar-refractivity contribution in [2.24, 2.45) is 28.3 Å². The van der Waals surface area contributed by atoms with E-state index in [2.05, 4.69) is 44.3 Å². The lowest BCUT2D eigenvalue weighted by Gasteiger charge is -2.39. The molecule has 3 rings (SSSR count). The lowest BCUT2D eigenvalue weighted by Crippen LogP contribution is -2.35. The summed E-state index contributed by atoms with van der Waals surface area (Å²) in [7, 11) is 0. The molecule has 0 spiro atoms. The number of nitrogens with zero attached hydrogens (tertiary/aromatic N) is 2. The molecule has 320 valence electrons. The van der Waals surface area contributed by atoms with Gasteiger partial charge in [-0.2, -0.15) is 0 Å². The van der Waals surface area contributed by atoms with Crippen LogP contribution in [0.1, 0.15) is 109 Å². The van der Waals surface area contributed by atoms with Gasteiger partial charge in [0, 0.05) is 39.3 Å². The Morgan fingerprint density at radius 2 is 1.61 bits per heavy atom. The first-order valence-corrected chi connectivity index (χ1v) is 21.2. The topological polar surface area (TPSA) is 165 Å². The van der Waals surface area contributed by atoms with Gasteiger partial charge in [-0.05, 0) is 102 Å². The van der Waals surface area contributed by atoms with Gasteiger partial charge in [0.05, 0.1) is 59.0 Å². The summed E-state index contributed by atoms with van der Waals surface area (Å²) in [5.41, 5.74) is 3.41. The van der Waals surface area contributed by atoms with Crippen LogP contribution in [0.5, 0.6) is 0 Å². The third-order valence-corrected chi connectivity index (χ3v) is 11.6. The number of rotatable bonds is 29. The highest BCUT2D eigenvalue weighted by atomic mass is 16.6. The van der Waals surface area contributed by atoms with E-state index in [1.54, 1.807) is 4.90 Å². The normalized spacial score (nSPS) is 21.5. The second-order valence-electron chi connectivity index (χ2n) is 16.5. The summed E-state index contributed by atoms with van der Waals surface area (Å²) in [5.74, 6) is 1.61. The summed E-state index contributed by atoms with van der Waals surface area (Å²) >= 11 is 0. The number of carbonyl (C=O) groups is 2. The standard InChI is InChI=1S/C43H73N3O10/c1-33(29-35-30-36(45-51)12-13-39(35)38-10-7-16-43(3,4)40(34(38)2)11-8-19-47)9-5-6-20-52-21-22-53-23-24-54-25-26-55-27-28-56-32-41(49)44-17-14-42(50)46-18-15-37(48)31-46/h12-13,30,33-34,37-38,40,47-48H,5-11,14-29,31-32H2,1-4H3,(H,44,49)/t33-,34?,37?,38?,40?/m1/s1. The molecule has 1 aromatic carbocycles.